The summed E-state index contributed by atoms with van der Waals surface area (Å²) in [5.74, 6) is 0.703. The highest BCUT2D eigenvalue weighted by Gasteiger charge is 2.12. The molecule has 136 valence electrons. The van der Waals surface area contributed by atoms with Gasteiger partial charge in [-0.25, -0.2) is 0 Å². The van der Waals surface area contributed by atoms with E-state index in [0.717, 1.165) is 6.42 Å². The molecule has 0 saturated carbocycles. The molecule has 0 aliphatic heterocycles. The summed E-state index contributed by atoms with van der Waals surface area (Å²) in [6.07, 6.45) is 6.01. The predicted octanol–water partition coefficient (Wildman–Crippen LogP) is 2.38. The Balaban J connectivity index is 1.76. The SMILES string of the molecule is CCCNC(=O)CCCc1nnc2c(=O)n(-c3ccc(Cl)cc3)ccn12. The number of nitrogens with one attached hydrogen (secondary N) is 1. The lowest BCUT2D eigenvalue weighted by Gasteiger charge is -2.06. The predicted molar refractivity (Wildman–Crippen MR) is 99.8 cm³/mol. The van der Waals surface area contributed by atoms with Crippen LogP contribution in [-0.2, 0) is 11.2 Å². The molecule has 1 aromatic carbocycles. The quantitative estimate of drug-likeness (QED) is 0.689. The maximum atomic E-state index is 12.7. The molecule has 0 aliphatic rings. The zero-order valence-corrected chi connectivity index (χ0v) is 15.2. The van der Waals surface area contributed by atoms with Crippen LogP contribution in [-0.4, -0.2) is 31.6 Å². The van der Waals surface area contributed by atoms with Crippen LogP contribution in [0.1, 0.15) is 32.0 Å². The van der Waals surface area contributed by atoms with Gasteiger partial charge in [0, 0.05) is 42.5 Å². The molecule has 26 heavy (non-hydrogen) atoms. The Morgan fingerprint density at radius 2 is 1.96 bits per heavy atom. The number of carbonyl (C=O) groups excluding carboxylic acids is 1. The molecule has 0 saturated heterocycles. The highest BCUT2D eigenvalue weighted by molar-refractivity contribution is 6.30. The molecule has 0 bridgehead atoms. The lowest BCUT2D eigenvalue weighted by Crippen LogP contribution is -2.23. The minimum absolute atomic E-state index is 0.0331. The summed E-state index contributed by atoms with van der Waals surface area (Å²) in [5, 5.41) is 11.6. The molecular weight excluding hydrogens is 354 g/mol. The number of halogens is 1. The fourth-order valence-electron chi connectivity index (χ4n) is 2.67. The molecule has 7 nitrogen and oxygen atoms in total. The second-order valence-electron chi connectivity index (χ2n) is 5.96. The third kappa shape index (κ3) is 3.94. The number of hydrogen-bond acceptors (Lipinski definition) is 4. The molecule has 3 rings (SSSR count). The zero-order valence-electron chi connectivity index (χ0n) is 14.5. The Bertz CT molecular complexity index is 962. The van der Waals surface area contributed by atoms with Gasteiger partial charge in [-0.3, -0.25) is 18.6 Å². The topological polar surface area (TPSA) is 81.3 Å². The van der Waals surface area contributed by atoms with Crippen LogP contribution in [0.15, 0.2) is 41.5 Å². The second kappa shape index (κ2) is 8.14. The number of aryl methyl sites for hydroxylation is 1. The maximum Gasteiger partial charge on any atom is 0.300 e. The van der Waals surface area contributed by atoms with Crippen molar-refractivity contribution in [2.45, 2.75) is 32.6 Å². The first-order valence-corrected chi connectivity index (χ1v) is 8.96. The normalized spacial score (nSPS) is 11.0. The number of rotatable bonds is 7. The first kappa shape index (κ1) is 18.1. The average Bonchev–Trinajstić information content (AvgIpc) is 3.05. The van der Waals surface area contributed by atoms with Gasteiger partial charge in [0.25, 0.3) is 0 Å². The first-order chi connectivity index (χ1) is 12.6. The Morgan fingerprint density at radius 3 is 2.69 bits per heavy atom. The van der Waals surface area contributed by atoms with Gasteiger partial charge in [0.05, 0.1) is 0 Å². The van der Waals surface area contributed by atoms with Crippen LogP contribution in [0.4, 0.5) is 0 Å². The van der Waals surface area contributed by atoms with Gasteiger partial charge < -0.3 is 5.32 Å². The van der Waals surface area contributed by atoms with Crippen molar-refractivity contribution in [2.75, 3.05) is 6.54 Å². The van der Waals surface area contributed by atoms with Gasteiger partial charge in [-0.2, -0.15) is 0 Å². The molecule has 0 fully saturated rings. The van der Waals surface area contributed by atoms with Crippen LogP contribution in [0.5, 0.6) is 0 Å². The van der Waals surface area contributed by atoms with E-state index in [2.05, 4.69) is 15.5 Å². The number of aromatic nitrogens is 4. The van der Waals surface area contributed by atoms with Crippen molar-refractivity contribution in [3.63, 3.8) is 0 Å². The Morgan fingerprint density at radius 1 is 1.19 bits per heavy atom. The van der Waals surface area contributed by atoms with E-state index >= 15 is 0 Å². The van der Waals surface area contributed by atoms with E-state index in [1.165, 1.54) is 4.57 Å². The summed E-state index contributed by atoms with van der Waals surface area (Å²) in [6.45, 7) is 2.70. The third-order valence-corrected chi connectivity index (χ3v) is 4.27. The minimum atomic E-state index is -0.255. The van der Waals surface area contributed by atoms with Crippen LogP contribution >= 0.6 is 11.6 Å². The summed E-state index contributed by atoms with van der Waals surface area (Å²) in [5.41, 5.74) is 0.709. The summed E-state index contributed by atoms with van der Waals surface area (Å²) in [6, 6.07) is 7.00. The monoisotopic (exact) mass is 373 g/mol. The average molecular weight is 374 g/mol. The van der Waals surface area contributed by atoms with Gasteiger partial charge in [-0.1, -0.05) is 18.5 Å². The highest BCUT2D eigenvalue weighted by atomic mass is 35.5. The molecule has 8 heteroatoms. The van der Waals surface area contributed by atoms with Crippen LogP contribution in [0, 0.1) is 0 Å². The molecular formula is C18H20ClN5O2. The Hall–Kier alpha value is -2.67. The van der Waals surface area contributed by atoms with Crippen molar-refractivity contribution in [3.05, 3.63) is 57.9 Å². The zero-order chi connectivity index (χ0) is 18.5. The van der Waals surface area contributed by atoms with E-state index in [-0.39, 0.29) is 17.1 Å². The molecule has 1 amide bonds. The lowest BCUT2D eigenvalue weighted by atomic mass is 10.2. The summed E-state index contributed by atoms with van der Waals surface area (Å²) in [4.78, 5) is 24.3. The van der Waals surface area contributed by atoms with Crippen LogP contribution in [0.2, 0.25) is 5.02 Å². The molecule has 3 aromatic rings. The Kier molecular flexibility index (Phi) is 5.68. The third-order valence-electron chi connectivity index (χ3n) is 4.02. The lowest BCUT2D eigenvalue weighted by molar-refractivity contribution is -0.121. The first-order valence-electron chi connectivity index (χ1n) is 8.58. The van der Waals surface area contributed by atoms with Gasteiger partial charge in [-0.05, 0) is 37.1 Å². The molecule has 0 aliphatic carbocycles. The van der Waals surface area contributed by atoms with Gasteiger partial charge in [0.15, 0.2) is 0 Å². The number of amides is 1. The van der Waals surface area contributed by atoms with Crippen molar-refractivity contribution >= 4 is 23.2 Å². The van der Waals surface area contributed by atoms with Crippen molar-refractivity contribution in [3.8, 4) is 5.69 Å². The van der Waals surface area contributed by atoms with E-state index in [1.807, 2.05) is 6.92 Å². The van der Waals surface area contributed by atoms with Crippen molar-refractivity contribution in [2.24, 2.45) is 0 Å². The van der Waals surface area contributed by atoms with Crippen LogP contribution in [0.3, 0.4) is 0 Å². The smallest absolute Gasteiger partial charge is 0.300 e. The molecule has 0 atom stereocenters. The standard InChI is InChI=1S/C18H20ClN5O2/c1-2-10-20-16(25)5-3-4-15-21-22-17-18(26)23(11-12-24(15)17)14-8-6-13(19)7-9-14/h6-9,11-12H,2-5,10H2,1H3,(H,20,25). The molecule has 0 unspecified atom stereocenters. The molecule has 0 spiro atoms. The van der Waals surface area contributed by atoms with E-state index in [4.69, 9.17) is 11.6 Å². The van der Waals surface area contributed by atoms with Crippen LogP contribution in [0.25, 0.3) is 11.3 Å². The van der Waals surface area contributed by atoms with Gasteiger partial charge in [-0.15, -0.1) is 10.2 Å². The van der Waals surface area contributed by atoms with E-state index in [1.54, 1.807) is 41.1 Å². The van der Waals surface area contributed by atoms with Crippen molar-refractivity contribution in [1.29, 1.82) is 0 Å². The van der Waals surface area contributed by atoms with E-state index < -0.39 is 0 Å². The summed E-state index contributed by atoms with van der Waals surface area (Å²) >= 11 is 5.89. The van der Waals surface area contributed by atoms with E-state index in [0.29, 0.717) is 42.3 Å². The molecule has 2 aromatic heterocycles. The minimum Gasteiger partial charge on any atom is -0.356 e. The summed E-state index contributed by atoms with van der Waals surface area (Å²) < 4.78 is 3.18. The van der Waals surface area contributed by atoms with Crippen molar-refractivity contribution in [1.82, 2.24) is 24.5 Å². The molecule has 0 radical (unpaired) electrons. The molecule has 1 N–H and O–H groups in total. The second-order valence-corrected chi connectivity index (χ2v) is 6.40. The molecule has 2 heterocycles. The Labute approximate surface area is 155 Å². The number of carbonyl (C=O) groups is 1. The largest absolute Gasteiger partial charge is 0.356 e. The maximum absolute atomic E-state index is 12.7. The van der Waals surface area contributed by atoms with Crippen molar-refractivity contribution < 1.29 is 4.79 Å². The highest BCUT2D eigenvalue weighted by Crippen LogP contribution is 2.12. The number of benzene rings is 1. The van der Waals surface area contributed by atoms with E-state index in [9.17, 15) is 9.59 Å². The van der Waals surface area contributed by atoms with Crippen LogP contribution < -0.4 is 10.9 Å². The number of nitrogens with zero attached hydrogens (tertiary/aromatic N) is 4. The fourth-order valence-corrected chi connectivity index (χ4v) is 2.80. The fraction of sp³-hybridized carbons (Fsp3) is 0.333. The number of fused-ring (bicyclic) bond motifs is 1. The summed E-state index contributed by atoms with van der Waals surface area (Å²) in [7, 11) is 0. The van der Waals surface area contributed by atoms with Gasteiger partial charge in [0.2, 0.25) is 11.6 Å². The number of hydrogen-bond donors (Lipinski definition) is 1. The van der Waals surface area contributed by atoms with Gasteiger partial charge in [0.1, 0.15) is 5.82 Å². The van der Waals surface area contributed by atoms with Gasteiger partial charge >= 0.3 is 5.56 Å².